The molecule has 0 aliphatic heterocycles. The van der Waals surface area contributed by atoms with E-state index in [1.807, 2.05) is 24.6 Å². The topological polar surface area (TPSA) is 120 Å². The summed E-state index contributed by atoms with van der Waals surface area (Å²) in [7, 11) is 0. The van der Waals surface area contributed by atoms with Gasteiger partial charge in [-0.15, -0.1) is 5.73 Å². The van der Waals surface area contributed by atoms with Crippen molar-refractivity contribution in [1.82, 2.24) is 0 Å². The van der Waals surface area contributed by atoms with Crippen molar-refractivity contribution in [2.45, 2.75) is 13.8 Å². The average molecular weight is 681 g/mol. The maximum Gasteiger partial charge on any atom is 0.0715 e. The maximum atomic E-state index is 10.2. The van der Waals surface area contributed by atoms with E-state index < -0.39 is 17.9 Å². The number of hydrogen-bond donors (Lipinski definition) is 0. The van der Waals surface area contributed by atoms with Crippen LogP contribution in [0.5, 0.6) is 0 Å². The van der Waals surface area contributed by atoms with Gasteiger partial charge in [-0.1, -0.05) is 44.0 Å². The van der Waals surface area contributed by atoms with Crippen LogP contribution in [0, 0.1) is 6.42 Å². The summed E-state index contributed by atoms with van der Waals surface area (Å²) in [5.74, 6) is -3.31. The SMILES string of the molecule is BrC1=CC=C=C[CH]1.CC(=O)[O-].CC(=O)[O-].O=C([O-])c1ccc(Br)cc1.[Pb]. The van der Waals surface area contributed by atoms with Crippen molar-refractivity contribution in [2.24, 2.45) is 0 Å². The van der Waals surface area contributed by atoms with Gasteiger partial charge in [-0.25, -0.2) is 0 Å². The van der Waals surface area contributed by atoms with Crippen LogP contribution in [0.15, 0.2) is 57.2 Å². The van der Waals surface area contributed by atoms with Gasteiger partial charge in [0.2, 0.25) is 0 Å². The summed E-state index contributed by atoms with van der Waals surface area (Å²) < 4.78 is 1.96. The molecule has 0 saturated carbocycles. The van der Waals surface area contributed by atoms with Gasteiger partial charge in [-0.3, -0.25) is 0 Å². The Kier molecular flexibility index (Phi) is 21.1. The third-order valence-corrected chi connectivity index (χ3v) is 2.81. The van der Waals surface area contributed by atoms with E-state index in [0.29, 0.717) is 0 Å². The fourth-order valence-corrected chi connectivity index (χ4v) is 1.48. The third-order valence-electron chi connectivity index (χ3n) is 1.76. The molecule has 6 nitrogen and oxygen atoms in total. The van der Waals surface area contributed by atoms with Gasteiger partial charge in [-0.2, -0.15) is 0 Å². The van der Waals surface area contributed by atoms with Gasteiger partial charge in [0.25, 0.3) is 0 Å². The summed E-state index contributed by atoms with van der Waals surface area (Å²) in [6, 6.07) is 6.29. The molecule has 26 heavy (non-hydrogen) atoms. The van der Waals surface area contributed by atoms with Crippen LogP contribution < -0.4 is 15.3 Å². The quantitative estimate of drug-likeness (QED) is 0.308. The molecule has 0 bridgehead atoms. The number of carbonyl (C=O) groups excluding carboxylic acids is 3. The number of aromatic carboxylic acids is 1. The van der Waals surface area contributed by atoms with Crippen molar-refractivity contribution in [3.63, 3.8) is 0 Å². The number of carbonyl (C=O) groups is 3. The normalized spacial score (nSPS) is 10.1. The number of allylic oxidation sites excluding steroid dienone is 3. The Morgan fingerprint density at radius 1 is 0.885 bits per heavy atom. The number of benzene rings is 1. The zero-order valence-electron chi connectivity index (χ0n) is 13.8. The van der Waals surface area contributed by atoms with E-state index in [1.165, 1.54) is 12.1 Å². The molecule has 0 N–H and O–H groups in total. The molecule has 139 valence electrons. The predicted molar refractivity (Wildman–Crippen MR) is 99.6 cm³/mol. The average Bonchev–Trinajstić information content (AvgIpc) is 2.48. The largest absolute Gasteiger partial charge is 0.550 e. The molecule has 0 spiro atoms. The number of rotatable bonds is 1. The molecule has 1 aromatic rings. The predicted octanol–water partition coefficient (Wildman–Crippen LogP) is 0.139. The van der Waals surface area contributed by atoms with Crippen LogP contribution in [0.2, 0.25) is 0 Å². The first-order valence-electron chi connectivity index (χ1n) is 6.50. The van der Waals surface area contributed by atoms with Gasteiger partial charge in [0, 0.05) is 54.6 Å². The first-order valence-corrected chi connectivity index (χ1v) is 8.08. The Balaban J connectivity index is -0.000000291. The molecule has 0 unspecified atom stereocenters. The van der Waals surface area contributed by atoms with Crippen LogP contribution in [0.1, 0.15) is 24.2 Å². The van der Waals surface area contributed by atoms with Gasteiger partial charge in [0.15, 0.2) is 0 Å². The molecule has 0 fully saturated rings. The van der Waals surface area contributed by atoms with E-state index in [9.17, 15) is 9.90 Å². The summed E-state index contributed by atoms with van der Waals surface area (Å²) in [4.78, 5) is 28.0. The molecule has 1 aliphatic carbocycles. The van der Waals surface area contributed by atoms with E-state index in [0.717, 1.165) is 22.8 Å². The van der Waals surface area contributed by atoms with Gasteiger partial charge in [0.05, 0.1) is 5.97 Å². The van der Waals surface area contributed by atoms with E-state index >= 15 is 0 Å². The molecule has 0 saturated heterocycles. The number of carboxylic acid groups (broad SMARTS) is 3. The second kappa shape index (κ2) is 18.6. The first-order chi connectivity index (χ1) is 11.6. The Labute approximate surface area is 188 Å². The van der Waals surface area contributed by atoms with Crippen LogP contribution in [-0.4, -0.2) is 45.2 Å². The summed E-state index contributed by atoms with van der Waals surface area (Å²) in [6.07, 6.45) is 7.62. The second-order valence-corrected chi connectivity index (χ2v) is 5.83. The van der Waals surface area contributed by atoms with Crippen LogP contribution in [0.3, 0.4) is 0 Å². The number of hydrogen-bond acceptors (Lipinski definition) is 6. The van der Waals surface area contributed by atoms with E-state index in [4.69, 9.17) is 19.8 Å². The van der Waals surface area contributed by atoms with Crippen molar-refractivity contribution in [1.29, 1.82) is 0 Å². The van der Waals surface area contributed by atoms with Crippen molar-refractivity contribution in [3.8, 4) is 0 Å². The molecule has 0 amide bonds. The van der Waals surface area contributed by atoms with Crippen LogP contribution >= 0.6 is 31.9 Å². The van der Waals surface area contributed by atoms with E-state index in [-0.39, 0.29) is 32.9 Å². The van der Waals surface area contributed by atoms with E-state index in [1.54, 1.807) is 12.1 Å². The van der Waals surface area contributed by atoms with E-state index in [2.05, 4.69) is 37.6 Å². The summed E-state index contributed by atoms with van der Waals surface area (Å²) in [5, 5.41) is 28.0. The summed E-state index contributed by atoms with van der Waals surface area (Å²) >= 11 is 6.47. The molecule has 0 heterocycles. The Morgan fingerprint density at radius 3 is 1.54 bits per heavy atom. The molecular weight excluding hydrogens is 667 g/mol. The van der Waals surface area contributed by atoms with Gasteiger partial charge in [-0.05, 0) is 49.8 Å². The molecule has 0 atom stereocenters. The minimum atomic E-state index is -1.15. The molecular formula is C17H14Br2O6Pb-3. The summed E-state index contributed by atoms with van der Waals surface area (Å²) in [5.41, 5.74) is 3.10. The van der Waals surface area contributed by atoms with Gasteiger partial charge < -0.3 is 29.7 Å². The third kappa shape index (κ3) is 25.0. The first kappa shape index (κ1) is 29.5. The van der Waals surface area contributed by atoms with Crippen molar-refractivity contribution in [3.05, 3.63) is 69.2 Å². The monoisotopic (exact) mass is 680 g/mol. The number of aliphatic carboxylic acids is 2. The Hall–Kier alpha value is -1.23. The van der Waals surface area contributed by atoms with Gasteiger partial charge in [0.1, 0.15) is 0 Å². The van der Waals surface area contributed by atoms with Crippen LogP contribution in [-0.2, 0) is 9.59 Å². The molecule has 9 heteroatoms. The zero-order chi connectivity index (χ0) is 19.8. The van der Waals surface area contributed by atoms with Crippen molar-refractivity contribution >= 4 is 77.1 Å². The molecule has 1 aliphatic rings. The molecule has 0 aromatic heterocycles. The van der Waals surface area contributed by atoms with Crippen LogP contribution in [0.4, 0.5) is 0 Å². The zero-order valence-corrected chi connectivity index (χ0v) is 20.9. The smallest absolute Gasteiger partial charge is 0.0715 e. The van der Waals surface area contributed by atoms with Crippen molar-refractivity contribution < 1.29 is 29.7 Å². The maximum absolute atomic E-state index is 10.2. The number of carboxylic acids is 3. The van der Waals surface area contributed by atoms with Gasteiger partial charge >= 0.3 is 0 Å². The minimum absolute atomic E-state index is 0. The molecule has 5 radical (unpaired) electrons. The fourth-order valence-electron chi connectivity index (χ4n) is 0.953. The summed E-state index contributed by atoms with van der Waals surface area (Å²) in [6.45, 7) is 1.94. The van der Waals surface area contributed by atoms with Crippen molar-refractivity contribution in [2.75, 3.05) is 0 Å². The Bertz CT molecular complexity index is 642. The standard InChI is InChI=1S/C7H5BrO2.C6H4Br.2C2H4O2.Pb/c8-6-3-1-5(2-4-6)7(9)10;7-6-4-2-1-3-5-6;2*1-2(3)4;/h1-4H,(H,9,10);2-5H;2*1H3,(H,3,4);/p-3. The number of halogens is 2. The fraction of sp³-hybridized carbons (Fsp3) is 0.118. The second-order valence-electron chi connectivity index (χ2n) is 4.00. The molecule has 2 rings (SSSR count). The Morgan fingerprint density at radius 2 is 1.31 bits per heavy atom. The molecule has 1 aromatic carbocycles. The minimum Gasteiger partial charge on any atom is -0.550 e. The van der Waals surface area contributed by atoms with Crippen LogP contribution in [0.25, 0.3) is 0 Å².